The maximum atomic E-state index is 11.9. The number of carbonyl (C=O) groups is 1. The van der Waals surface area contributed by atoms with Crippen LogP contribution in [0.15, 0.2) is 0 Å². The number of cyclic esters (lactones) is 1. The lowest BCUT2D eigenvalue weighted by Crippen LogP contribution is -2.48. The summed E-state index contributed by atoms with van der Waals surface area (Å²) < 4.78 is 11.0. The Bertz CT molecular complexity index is 343. The molecule has 1 spiro atoms. The molecule has 3 rings (SSSR count). The van der Waals surface area contributed by atoms with E-state index >= 15 is 0 Å². The van der Waals surface area contributed by atoms with E-state index in [1.807, 2.05) is 0 Å². The molecule has 0 unspecified atom stereocenters. The molecule has 2 aliphatic heterocycles. The zero-order chi connectivity index (χ0) is 11.4. The number of ether oxygens (including phenoxy) is 2. The van der Waals surface area contributed by atoms with Gasteiger partial charge in [-0.15, -0.1) is 0 Å². The zero-order valence-corrected chi connectivity index (χ0v) is 9.07. The van der Waals surface area contributed by atoms with Crippen LogP contribution in [-0.2, 0) is 14.3 Å². The van der Waals surface area contributed by atoms with Crippen LogP contribution in [0.1, 0.15) is 25.7 Å². The molecule has 16 heavy (non-hydrogen) atoms. The molecule has 2 saturated heterocycles. The first-order chi connectivity index (χ1) is 7.62. The number of fused-ring (bicyclic) bond motifs is 1. The van der Waals surface area contributed by atoms with E-state index in [-0.39, 0.29) is 25.8 Å². The average Bonchev–Trinajstić information content (AvgIpc) is 2.67. The molecule has 5 nitrogen and oxygen atoms in total. The lowest BCUT2D eigenvalue weighted by atomic mass is 9.64. The standard InChI is InChI=1S/C11H16O5/c12-5-9-2-1-3-10(4-9)8(14)15-7-11(10,6-13)16-9/h12-13H,1-7H2/t9-,10+,11-/m1/s1. The van der Waals surface area contributed by atoms with E-state index in [0.29, 0.717) is 12.8 Å². The highest BCUT2D eigenvalue weighted by Gasteiger charge is 2.73. The van der Waals surface area contributed by atoms with E-state index in [9.17, 15) is 15.0 Å². The number of carbonyl (C=O) groups excluding carboxylic acids is 1. The van der Waals surface area contributed by atoms with Crippen molar-refractivity contribution in [2.45, 2.75) is 36.9 Å². The van der Waals surface area contributed by atoms with Crippen molar-refractivity contribution in [1.29, 1.82) is 0 Å². The van der Waals surface area contributed by atoms with Crippen LogP contribution in [0.3, 0.4) is 0 Å². The van der Waals surface area contributed by atoms with Gasteiger partial charge in [0.2, 0.25) is 0 Å². The van der Waals surface area contributed by atoms with Crippen molar-refractivity contribution >= 4 is 5.97 Å². The number of rotatable bonds is 2. The van der Waals surface area contributed by atoms with E-state index in [4.69, 9.17) is 9.47 Å². The molecule has 0 aromatic rings. The Balaban J connectivity index is 2.08. The third kappa shape index (κ3) is 0.948. The molecule has 2 bridgehead atoms. The fourth-order valence-electron chi connectivity index (χ4n) is 3.67. The summed E-state index contributed by atoms with van der Waals surface area (Å²) >= 11 is 0. The maximum absolute atomic E-state index is 11.9. The molecule has 5 heteroatoms. The average molecular weight is 228 g/mol. The van der Waals surface area contributed by atoms with Crippen molar-refractivity contribution in [1.82, 2.24) is 0 Å². The van der Waals surface area contributed by atoms with Gasteiger partial charge in [0.15, 0.2) is 0 Å². The van der Waals surface area contributed by atoms with E-state index in [0.717, 1.165) is 12.8 Å². The van der Waals surface area contributed by atoms with Crippen LogP contribution in [-0.4, -0.2) is 47.2 Å². The topological polar surface area (TPSA) is 76.0 Å². The molecular formula is C11H16O5. The van der Waals surface area contributed by atoms with Gasteiger partial charge in [0, 0.05) is 0 Å². The molecule has 2 heterocycles. The van der Waals surface area contributed by atoms with Crippen LogP contribution < -0.4 is 0 Å². The van der Waals surface area contributed by atoms with Gasteiger partial charge < -0.3 is 19.7 Å². The van der Waals surface area contributed by atoms with Crippen molar-refractivity contribution < 1.29 is 24.5 Å². The van der Waals surface area contributed by atoms with Gasteiger partial charge >= 0.3 is 5.97 Å². The predicted octanol–water partition coefficient (Wildman–Crippen LogP) is -0.404. The fraction of sp³-hybridized carbons (Fsp3) is 0.909. The summed E-state index contributed by atoms with van der Waals surface area (Å²) in [5.41, 5.74) is -2.27. The van der Waals surface area contributed by atoms with Crippen molar-refractivity contribution in [3.63, 3.8) is 0 Å². The van der Waals surface area contributed by atoms with Crippen LogP contribution in [0, 0.1) is 5.41 Å². The molecule has 0 aromatic carbocycles. The number of esters is 1. The first kappa shape index (κ1) is 10.5. The lowest BCUT2D eigenvalue weighted by Gasteiger charge is -2.33. The number of hydrogen-bond donors (Lipinski definition) is 2. The third-order valence-electron chi connectivity index (χ3n) is 4.51. The number of aliphatic hydroxyl groups excluding tert-OH is 2. The second-order valence-corrected chi connectivity index (χ2v) is 5.28. The predicted molar refractivity (Wildman–Crippen MR) is 52.6 cm³/mol. The smallest absolute Gasteiger partial charge is 0.315 e. The minimum Gasteiger partial charge on any atom is -0.462 e. The van der Waals surface area contributed by atoms with Crippen LogP contribution in [0.25, 0.3) is 0 Å². The highest BCUT2D eigenvalue weighted by Crippen LogP contribution is 2.62. The molecule has 1 saturated carbocycles. The molecular weight excluding hydrogens is 212 g/mol. The summed E-state index contributed by atoms with van der Waals surface area (Å²) in [4.78, 5) is 11.9. The van der Waals surface area contributed by atoms with E-state index in [1.54, 1.807) is 0 Å². The van der Waals surface area contributed by atoms with E-state index in [2.05, 4.69) is 0 Å². The highest BCUT2D eigenvalue weighted by molar-refractivity contribution is 5.82. The Hall–Kier alpha value is -0.650. The summed E-state index contributed by atoms with van der Waals surface area (Å²) in [5.74, 6) is -0.267. The third-order valence-corrected chi connectivity index (χ3v) is 4.51. The lowest BCUT2D eigenvalue weighted by molar-refractivity contribution is -0.155. The Labute approximate surface area is 93.3 Å². The Morgan fingerprint density at radius 2 is 2.06 bits per heavy atom. The van der Waals surface area contributed by atoms with Crippen molar-refractivity contribution in [3.05, 3.63) is 0 Å². The van der Waals surface area contributed by atoms with Gasteiger partial charge in [-0.1, -0.05) is 0 Å². The minimum absolute atomic E-state index is 0.0935. The molecule has 0 aromatic heterocycles. The van der Waals surface area contributed by atoms with Crippen molar-refractivity contribution in [3.8, 4) is 0 Å². The van der Waals surface area contributed by atoms with Gasteiger partial charge in [0.05, 0.1) is 18.8 Å². The Morgan fingerprint density at radius 3 is 2.75 bits per heavy atom. The van der Waals surface area contributed by atoms with Crippen molar-refractivity contribution in [2.24, 2.45) is 5.41 Å². The summed E-state index contributed by atoms with van der Waals surface area (Å²) in [7, 11) is 0. The zero-order valence-electron chi connectivity index (χ0n) is 9.07. The molecule has 2 N–H and O–H groups in total. The SMILES string of the molecule is O=C1OC[C@@]2(CO)O[C@]3(CO)CCC[C@]12C3. The first-order valence-electron chi connectivity index (χ1n) is 5.71. The summed E-state index contributed by atoms with van der Waals surface area (Å²) in [5, 5.41) is 19.0. The second kappa shape index (κ2) is 2.97. The van der Waals surface area contributed by atoms with Crippen molar-refractivity contribution in [2.75, 3.05) is 19.8 Å². The van der Waals surface area contributed by atoms with Gasteiger partial charge in [0.1, 0.15) is 17.6 Å². The largest absolute Gasteiger partial charge is 0.462 e. The van der Waals surface area contributed by atoms with Crippen LogP contribution in [0.4, 0.5) is 0 Å². The summed E-state index contributed by atoms with van der Waals surface area (Å²) in [6.07, 6.45) is 2.75. The molecule has 0 radical (unpaired) electrons. The fourth-order valence-corrected chi connectivity index (χ4v) is 3.67. The van der Waals surface area contributed by atoms with Crippen LogP contribution >= 0.6 is 0 Å². The van der Waals surface area contributed by atoms with Gasteiger partial charge in [-0.2, -0.15) is 0 Å². The highest BCUT2D eigenvalue weighted by atomic mass is 16.6. The molecule has 3 aliphatic rings. The number of aliphatic hydroxyl groups is 2. The Kier molecular flexibility index (Phi) is 1.95. The first-order valence-corrected chi connectivity index (χ1v) is 5.71. The van der Waals surface area contributed by atoms with Crippen LogP contribution in [0.5, 0.6) is 0 Å². The van der Waals surface area contributed by atoms with Gasteiger partial charge in [-0.05, 0) is 25.7 Å². The van der Waals surface area contributed by atoms with Gasteiger partial charge in [-0.25, -0.2) is 0 Å². The molecule has 1 aliphatic carbocycles. The molecule has 3 fully saturated rings. The maximum Gasteiger partial charge on any atom is 0.315 e. The number of hydrogen-bond acceptors (Lipinski definition) is 5. The molecule has 90 valence electrons. The summed E-state index contributed by atoms with van der Waals surface area (Å²) in [6, 6.07) is 0. The van der Waals surface area contributed by atoms with Gasteiger partial charge in [-0.3, -0.25) is 4.79 Å². The van der Waals surface area contributed by atoms with E-state index < -0.39 is 16.6 Å². The molecule has 0 amide bonds. The Morgan fingerprint density at radius 1 is 1.25 bits per heavy atom. The minimum atomic E-state index is -0.913. The summed E-state index contributed by atoms with van der Waals surface area (Å²) in [6.45, 7) is -0.200. The second-order valence-electron chi connectivity index (χ2n) is 5.28. The monoisotopic (exact) mass is 228 g/mol. The van der Waals surface area contributed by atoms with Crippen LogP contribution in [0.2, 0.25) is 0 Å². The van der Waals surface area contributed by atoms with E-state index in [1.165, 1.54) is 0 Å². The normalized spacial score (nSPS) is 50.2. The quantitative estimate of drug-likeness (QED) is 0.629. The molecule has 3 atom stereocenters. The van der Waals surface area contributed by atoms with Gasteiger partial charge in [0.25, 0.3) is 0 Å².